The number of ether oxygens (including phenoxy) is 1. The molecule has 2 heterocycles. The Balaban J connectivity index is 1.39. The Morgan fingerprint density at radius 1 is 1.03 bits per heavy atom. The van der Waals surface area contributed by atoms with Gasteiger partial charge in [-0.3, -0.25) is 4.79 Å². The average molecular weight is 418 g/mol. The maximum absolute atomic E-state index is 10.9. The van der Waals surface area contributed by atoms with Crippen LogP contribution >= 0.6 is 0 Å². The Hall–Kier alpha value is -3.45. The Bertz CT molecular complexity index is 999. The third-order valence-corrected chi connectivity index (χ3v) is 5.29. The van der Waals surface area contributed by atoms with Crippen LogP contribution in [0.25, 0.3) is 11.3 Å². The van der Waals surface area contributed by atoms with Crippen molar-refractivity contribution >= 4 is 23.2 Å². The fourth-order valence-electron chi connectivity index (χ4n) is 3.59. The summed E-state index contributed by atoms with van der Waals surface area (Å²) in [5.74, 6) is 0.301. The van der Waals surface area contributed by atoms with Gasteiger partial charge in [-0.1, -0.05) is 24.3 Å². The predicted molar refractivity (Wildman–Crippen MR) is 122 cm³/mol. The lowest BCUT2D eigenvalue weighted by molar-refractivity contribution is -0.118. The number of carbonyl (C=O) groups is 1. The lowest BCUT2D eigenvalue weighted by atomic mass is 10.0. The quantitative estimate of drug-likeness (QED) is 0.582. The zero-order valence-corrected chi connectivity index (χ0v) is 17.5. The first-order chi connectivity index (χ1) is 15.2. The molecule has 0 spiro atoms. The molecule has 0 aliphatic carbocycles. The van der Waals surface area contributed by atoms with Crippen molar-refractivity contribution in [3.05, 3.63) is 66.4 Å². The van der Waals surface area contributed by atoms with Gasteiger partial charge in [0.25, 0.3) is 0 Å². The molecule has 7 heteroatoms. The van der Waals surface area contributed by atoms with E-state index in [0.717, 1.165) is 56.1 Å². The minimum Gasteiger partial charge on any atom is -0.378 e. The number of hydrogen-bond acceptors (Lipinski definition) is 6. The molecule has 3 aromatic rings. The fourth-order valence-corrected chi connectivity index (χ4v) is 3.59. The average Bonchev–Trinajstić information content (AvgIpc) is 2.81. The fraction of sp³-hybridized carbons (Fsp3) is 0.292. The summed E-state index contributed by atoms with van der Waals surface area (Å²) in [4.78, 5) is 22.2. The van der Waals surface area contributed by atoms with Gasteiger partial charge >= 0.3 is 0 Å². The summed E-state index contributed by atoms with van der Waals surface area (Å²) in [6.07, 6.45) is 3.77. The number of amides is 1. The zero-order valence-electron chi connectivity index (χ0n) is 17.5. The number of aromatic nitrogens is 2. The molecule has 0 atom stereocenters. The summed E-state index contributed by atoms with van der Waals surface area (Å²) >= 11 is 0. The number of anilines is 3. The molecule has 31 heavy (non-hydrogen) atoms. The van der Waals surface area contributed by atoms with E-state index in [4.69, 9.17) is 10.5 Å². The van der Waals surface area contributed by atoms with Crippen LogP contribution in [0, 0.1) is 0 Å². The molecule has 1 fully saturated rings. The summed E-state index contributed by atoms with van der Waals surface area (Å²) in [5, 5.41) is 3.28. The van der Waals surface area contributed by atoms with Gasteiger partial charge in [-0.2, -0.15) is 0 Å². The normalized spacial score (nSPS) is 13.7. The van der Waals surface area contributed by atoms with E-state index in [2.05, 4.69) is 44.5 Å². The van der Waals surface area contributed by atoms with E-state index in [0.29, 0.717) is 12.4 Å². The maximum atomic E-state index is 10.9. The van der Waals surface area contributed by atoms with Crippen molar-refractivity contribution in [1.82, 2.24) is 9.97 Å². The van der Waals surface area contributed by atoms with Gasteiger partial charge in [-0.05, 0) is 48.7 Å². The van der Waals surface area contributed by atoms with E-state index in [1.54, 1.807) is 6.20 Å². The topological polar surface area (TPSA) is 93.4 Å². The highest BCUT2D eigenvalue weighted by molar-refractivity contribution is 5.73. The highest BCUT2D eigenvalue weighted by atomic mass is 16.5. The van der Waals surface area contributed by atoms with Crippen LogP contribution in [-0.2, 0) is 16.0 Å². The Morgan fingerprint density at radius 2 is 1.77 bits per heavy atom. The Morgan fingerprint density at radius 3 is 2.48 bits per heavy atom. The second kappa shape index (κ2) is 10.0. The molecule has 160 valence electrons. The lowest BCUT2D eigenvalue weighted by Gasteiger charge is -2.28. The molecule has 0 saturated carbocycles. The minimum atomic E-state index is -0.256. The van der Waals surface area contributed by atoms with E-state index in [1.165, 1.54) is 11.3 Å². The molecule has 1 aliphatic rings. The van der Waals surface area contributed by atoms with E-state index >= 15 is 0 Å². The standard InChI is InChI=1S/C24H27N5O2/c25-23(30)3-1-2-18-4-6-19(7-5-18)22-12-13-26-24(28-22)27-20-8-10-21(11-9-20)29-14-16-31-17-15-29/h4-13H,1-3,14-17H2,(H2,25,30)(H,26,27,28). The van der Waals surface area contributed by atoms with Crippen molar-refractivity contribution in [3.63, 3.8) is 0 Å². The van der Waals surface area contributed by atoms with Crippen LogP contribution in [0.3, 0.4) is 0 Å². The Kier molecular flexibility index (Phi) is 6.74. The molecule has 4 rings (SSSR count). The van der Waals surface area contributed by atoms with Crippen LogP contribution in [0.1, 0.15) is 18.4 Å². The summed E-state index contributed by atoms with van der Waals surface area (Å²) in [5.41, 5.74) is 10.4. The monoisotopic (exact) mass is 417 g/mol. The van der Waals surface area contributed by atoms with Gasteiger partial charge in [0.05, 0.1) is 18.9 Å². The van der Waals surface area contributed by atoms with Crippen molar-refractivity contribution in [1.29, 1.82) is 0 Å². The minimum absolute atomic E-state index is 0.256. The van der Waals surface area contributed by atoms with E-state index in [1.807, 2.05) is 30.3 Å². The number of nitrogens with zero attached hydrogens (tertiary/aromatic N) is 3. The van der Waals surface area contributed by atoms with E-state index in [9.17, 15) is 4.79 Å². The highest BCUT2D eigenvalue weighted by Crippen LogP contribution is 2.23. The van der Waals surface area contributed by atoms with Gasteiger partial charge in [0.1, 0.15) is 0 Å². The van der Waals surface area contributed by atoms with Gasteiger partial charge in [0, 0.05) is 42.6 Å². The second-order valence-electron chi connectivity index (χ2n) is 7.55. The van der Waals surface area contributed by atoms with Gasteiger partial charge in [-0.25, -0.2) is 9.97 Å². The maximum Gasteiger partial charge on any atom is 0.227 e. The van der Waals surface area contributed by atoms with E-state index in [-0.39, 0.29) is 5.91 Å². The number of nitrogens with two attached hydrogens (primary N) is 1. The number of nitrogens with one attached hydrogen (secondary N) is 1. The number of aryl methyl sites for hydroxylation is 1. The summed E-state index contributed by atoms with van der Waals surface area (Å²) in [7, 11) is 0. The van der Waals surface area contributed by atoms with Crippen molar-refractivity contribution in [3.8, 4) is 11.3 Å². The largest absolute Gasteiger partial charge is 0.378 e. The highest BCUT2D eigenvalue weighted by Gasteiger charge is 2.11. The molecule has 7 nitrogen and oxygen atoms in total. The second-order valence-corrected chi connectivity index (χ2v) is 7.55. The van der Waals surface area contributed by atoms with Gasteiger partial charge in [0.15, 0.2) is 0 Å². The molecular formula is C24H27N5O2. The van der Waals surface area contributed by atoms with Crippen LogP contribution in [-0.4, -0.2) is 42.2 Å². The van der Waals surface area contributed by atoms with Crippen molar-refractivity contribution < 1.29 is 9.53 Å². The number of morpholine rings is 1. The molecule has 1 saturated heterocycles. The number of carbonyl (C=O) groups excluding carboxylic acids is 1. The van der Waals surface area contributed by atoms with Crippen LogP contribution in [0.5, 0.6) is 0 Å². The van der Waals surface area contributed by atoms with Crippen LogP contribution < -0.4 is 16.0 Å². The summed E-state index contributed by atoms with van der Waals surface area (Å²) in [6, 6.07) is 18.4. The van der Waals surface area contributed by atoms with Gasteiger partial charge in [0.2, 0.25) is 11.9 Å². The van der Waals surface area contributed by atoms with Crippen molar-refractivity contribution in [2.75, 3.05) is 36.5 Å². The molecule has 0 bridgehead atoms. The van der Waals surface area contributed by atoms with Gasteiger partial charge in [-0.15, -0.1) is 0 Å². The number of rotatable bonds is 8. The molecule has 1 aromatic heterocycles. The first-order valence-electron chi connectivity index (χ1n) is 10.6. The van der Waals surface area contributed by atoms with Gasteiger partial charge < -0.3 is 20.7 Å². The van der Waals surface area contributed by atoms with Crippen LogP contribution in [0.15, 0.2) is 60.8 Å². The summed E-state index contributed by atoms with van der Waals surface area (Å²) in [6.45, 7) is 3.38. The predicted octanol–water partition coefficient (Wildman–Crippen LogP) is 3.53. The first kappa shape index (κ1) is 20.8. The zero-order chi connectivity index (χ0) is 21.5. The molecule has 2 aromatic carbocycles. The molecule has 1 amide bonds. The number of hydrogen-bond donors (Lipinski definition) is 2. The molecule has 0 unspecified atom stereocenters. The third kappa shape index (κ3) is 5.79. The van der Waals surface area contributed by atoms with E-state index < -0.39 is 0 Å². The van der Waals surface area contributed by atoms with Crippen LogP contribution in [0.2, 0.25) is 0 Å². The number of benzene rings is 2. The summed E-state index contributed by atoms with van der Waals surface area (Å²) < 4.78 is 5.42. The molecule has 3 N–H and O–H groups in total. The van der Waals surface area contributed by atoms with Crippen molar-refractivity contribution in [2.24, 2.45) is 5.73 Å². The third-order valence-electron chi connectivity index (χ3n) is 5.29. The first-order valence-corrected chi connectivity index (χ1v) is 10.6. The molecule has 0 radical (unpaired) electrons. The SMILES string of the molecule is NC(=O)CCCc1ccc(-c2ccnc(Nc3ccc(N4CCOCC4)cc3)n2)cc1. The Labute approximate surface area is 182 Å². The van der Waals surface area contributed by atoms with Crippen molar-refractivity contribution in [2.45, 2.75) is 19.3 Å². The molecule has 1 aliphatic heterocycles. The van der Waals surface area contributed by atoms with Crippen LogP contribution in [0.4, 0.5) is 17.3 Å². The number of primary amides is 1. The molecular weight excluding hydrogens is 390 g/mol. The lowest BCUT2D eigenvalue weighted by Crippen LogP contribution is -2.36. The smallest absolute Gasteiger partial charge is 0.227 e.